The lowest BCUT2D eigenvalue weighted by Gasteiger charge is -2.07. The second-order valence-electron chi connectivity index (χ2n) is 4.14. The highest BCUT2D eigenvalue weighted by molar-refractivity contribution is 7.91. The summed E-state index contributed by atoms with van der Waals surface area (Å²) >= 11 is 1.13. The van der Waals surface area contributed by atoms with Gasteiger partial charge in [-0.05, 0) is 29.6 Å². The number of hydrogen-bond acceptors (Lipinski definition) is 5. The highest BCUT2D eigenvalue weighted by atomic mass is 32.2. The van der Waals surface area contributed by atoms with Gasteiger partial charge in [0, 0.05) is 18.7 Å². The molecule has 3 N–H and O–H groups in total. The molecule has 21 heavy (non-hydrogen) atoms. The van der Waals surface area contributed by atoms with Gasteiger partial charge in [0.25, 0.3) is 5.91 Å². The van der Waals surface area contributed by atoms with Gasteiger partial charge in [-0.25, -0.2) is 13.1 Å². The van der Waals surface area contributed by atoms with Crippen molar-refractivity contribution in [3.63, 3.8) is 0 Å². The minimum absolute atomic E-state index is 0.000971. The third-order valence-electron chi connectivity index (χ3n) is 2.57. The summed E-state index contributed by atoms with van der Waals surface area (Å²) in [5.74, 6) is -0.373. The summed E-state index contributed by atoms with van der Waals surface area (Å²) in [5.41, 5.74) is 0.316. The fourth-order valence-electron chi connectivity index (χ4n) is 1.60. The molecule has 0 saturated carbocycles. The van der Waals surface area contributed by atoms with E-state index in [4.69, 9.17) is 0 Å². The van der Waals surface area contributed by atoms with Crippen molar-refractivity contribution in [3.05, 3.63) is 47.3 Å². The standard InChI is InChI=1S/C13H14N2O4S2/c16-11-4-1-3-10(9-11)13(17)14-6-7-15-21(18,19)12-5-2-8-20-12/h1-5,8-9,15-16H,6-7H2,(H,14,17). The summed E-state index contributed by atoms with van der Waals surface area (Å²) < 4.78 is 26.2. The summed E-state index contributed by atoms with van der Waals surface area (Å²) in [7, 11) is -3.51. The van der Waals surface area contributed by atoms with Crippen molar-refractivity contribution in [1.29, 1.82) is 0 Å². The third-order valence-corrected chi connectivity index (χ3v) is 5.43. The predicted molar refractivity (Wildman–Crippen MR) is 79.9 cm³/mol. The molecule has 1 heterocycles. The molecule has 0 radical (unpaired) electrons. The molecule has 0 atom stereocenters. The molecule has 0 fully saturated rings. The molecular formula is C13H14N2O4S2. The average Bonchev–Trinajstić information content (AvgIpc) is 2.98. The van der Waals surface area contributed by atoms with Gasteiger partial charge in [0.15, 0.2) is 0 Å². The van der Waals surface area contributed by atoms with Gasteiger partial charge in [0.1, 0.15) is 9.96 Å². The van der Waals surface area contributed by atoms with Gasteiger partial charge in [0.2, 0.25) is 10.0 Å². The molecule has 0 bridgehead atoms. The maximum Gasteiger partial charge on any atom is 0.251 e. The average molecular weight is 326 g/mol. The summed E-state index contributed by atoms with van der Waals surface area (Å²) in [6.45, 7) is 0.240. The fourth-order valence-corrected chi connectivity index (χ4v) is 3.67. The van der Waals surface area contributed by atoms with Crippen LogP contribution in [0.3, 0.4) is 0 Å². The number of thiophene rings is 1. The zero-order chi connectivity index (χ0) is 15.3. The van der Waals surface area contributed by atoms with Crippen LogP contribution in [0.15, 0.2) is 46.0 Å². The number of benzene rings is 1. The van der Waals surface area contributed by atoms with Crippen LogP contribution in [0.4, 0.5) is 0 Å². The molecule has 0 aliphatic heterocycles. The van der Waals surface area contributed by atoms with Crippen molar-refractivity contribution in [2.75, 3.05) is 13.1 Å². The molecule has 0 aliphatic rings. The molecule has 1 amide bonds. The summed E-state index contributed by atoms with van der Waals surface area (Å²) in [5, 5.41) is 13.5. The van der Waals surface area contributed by atoms with Crippen LogP contribution >= 0.6 is 11.3 Å². The Kier molecular flexibility index (Phi) is 4.94. The smallest absolute Gasteiger partial charge is 0.251 e. The maximum absolute atomic E-state index is 11.8. The molecule has 112 valence electrons. The van der Waals surface area contributed by atoms with Crippen molar-refractivity contribution in [1.82, 2.24) is 10.0 Å². The Bertz CT molecular complexity index is 712. The summed E-state index contributed by atoms with van der Waals surface area (Å²) in [6, 6.07) is 9.09. The first-order valence-electron chi connectivity index (χ1n) is 6.09. The quantitative estimate of drug-likeness (QED) is 0.694. The summed E-state index contributed by atoms with van der Waals surface area (Å²) in [4.78, 5) is 11.8. The number of phenolic OH excluding ortho intramolecular Hbond substituents is 1. The van der Waals surface area contributed by atoms with Crippen LogP contribution < -0.4 is 10.0 Å². The fraction of sp³-hybridized carbons (Fsp3) is 0.154. The molecule has 0 unspecified atom stereocenters. The molecule has 2 aromatic rings. The highest BCUT2D eigenvalue weighted by Crippen LogP contribution is 2.14. The van der Waals surface area contributed by atoms with E-state index in [1.165, 1.54) is 18.2 Å². The van der Waals surface area contributed by atoms with Gasteiger partial charge in [0.05, 0.1) is 0 Å². The minimum atomic E-state index is -3.51. The third kappa shape index (κ3) is 4.28. The van der Waals surface area contributed by atoms with Crippen LogP contribution in [-0.2, 0) is 10.0 Å². The van der Waals surface area contributed by atoms with E-state index in [1.807, 2.05) is 0 Å². The molecule has 8 heteroatoms. The molecular weight excluding hydrogens is 312 g/mol. The van der Waals surface area contributed by atoms with Crippen LogP contribution in [-0.4, -0.2) is 32.5 Å². The van der Waals surface area contributed by atoms with Crippen LogP contribution in [0.1, 0.15) is 10.4 Å². The predicted octanol–water partition coefficient (Wildman–Crippen LogP) is 1.16. The van der Waals surface area contributed by atoms with Gasteiger partial charge >= 0.3 is 0 Å². The number of carbonyl (C=O) groups is 1. The lowest BCUT2D eigenvalue weighted by Crippen LogP contribution is -2.34. The molecule has 0 saturated heterocycles. The van der Waals surface area contributed by atoms with E-state index in [0.29, 0.717) is 5.56 Å². The Morgan fingerprint density at radius 1 is 1.19 bits per heavy atom. The van der Waals surface area contributed by atoms with E-state index in [0.717, 1.165) is 11.3 Å². The maximum atomic E-state index is 11.8. The number of carbonyl (C=O) groups excluding carboxylic acids is 1. The van der Waals surface area contributed by atoms with E-state index in [-0.39, 0.29) is 29.0 Å². The largest absolute Gasteiger partial charge is 0.508 e. The van der Waals surface area contributed by atoms with Crippen molar-refractivity contribution < 1.29 is 18.3 Å². The van der Waals surface area contributed by atoms with Gasteiger partial charge < -0.3 is 10.4 Å². The number of phenols is 1. The SMILES string of the molecule is O=C(NCCNS(=O)(=O)c1cccs1)c1cccc(O)c1. The van der Waals surface area contributed by atoms with E-state index in [2.05, 4.69) is 10.0 Å². The van der Waals surface area contributed by atoms with E-state index in [1.54, 1.807) is 23.6 Å². The first kappa shape index (κ1) is 15.5. The van der Waals surface area contributed by atoms with E-state index < -0.39 is 10.0 Å². The van der Waals surface area contributed by atoms with Crippen molar-refractivity contribution >= 4 is 27.3 Å². The van der Waals surface area contributed by atoms with Crippen molar-refractivity contribution in [2.24, 2.45) is 0 Å². The number of nitrogens with one attached hydrogen (secondary N) is 2. The Labute approximate surface area is 126 Å². The number of rotatable bonds is 6. The van der Waals surface area contributed by atoms with Crippen LogP contribution in [0.25, 0.3) is 0 Å². The molecule has 2 rings (SSSR count). The first-order valence-corrected chi connectivity index (χ1v) is 8.46. The minimum Gasteiger partial charge on any atom is -0.508 e. The van der Waals surface area contributed by atoms with Crippen molar-refractivity contribution in [2.45, 2.75) is 4.21 Å². The zero-order valence-electron chi connectivity index (χ0n) is 10.9. The second-order valence-corrected chi connectivity index (χ2v) is 7.08. The van der Waals surface area contributed by atoms with Gasteiger partial charge in [-0.2, -0.15) is 0 Å². The monoisotopic (exact) mass is 326 g/mol. The first-order chi connectivity index (χ1) is 9.99. The highest BCUT2D eigenvalue weighted by Gasteiger charge is 2.14. The van der Waals surface area contributed by atoms with Crippen LogP contribution in [0.5, 0.6) is 5.75 Å². The van der Waals surface area contributed by atoms with Crippen molar-refractivity contribution in [3.8, 4) is 5.75 Å². The Balaban J connectivity index is 1.81. The molecule has 1 aromatic carbocycles. The van der Waals surface area contributed by atoms with Crippen LogP contribution in [0.2, 0.25) is 0 Å². The van der Waals surface area contributed by atoms with Gasteiger partial charge in [-0.15, -0.1) is 11.3 Å². The normalized spacial score (nSPS) is 11.2. The summed E-state index contributed by atoms with van der Waals surface area (Å²) in [6.07, 6.45) is 0. The zero-order valence-corrected chi connectivity index (χ0v) is 12.6. The number of hydrogen-bond donors (Lipinski definition) is 3. The number of amides is 1. The van der Waals surface area contributed by atoms with Gasteiger partial charge in [-0.1, -0.05) is 12.1 Å². The second kappa shape index (κ2) is 6.70. The lowest BCUT2D eigenvalue weighted by atomic mass is 10.2. The lowest BCUT2D eigenvalue weighted by molar-refractivity contribution is 0.0954. The van der Waals surface area contributed by atoms with Crippen LogP contribution in [0, 0.1) is 0 Å². The van der Waals surface area contributed by atoms with Gasteiger partial charge in [-0.3, -0.25) is 4.79 Å². The Morgan fingerprint density at radius 3 is 2.67 bits per heavy atom. The number of sulfonamides is 1. The van der Waals surface area contributed by atoms with E-state index >= 15 is 0 Å². The Morgan fingerprint density at radius 2 is 2.00 bits per heavy atom. The molecule has 0 spiro atoms. The molecule has 0 aliphatic carbocycles. The molecule has 6 nitrogen and oxygen atoms in total. The van der Waals surface area contributed by atoms with E-state index in [9.17, 15) is 18.3 Å². The molecule has 1 aromatic heterocycles. The Hall–Kier alpha value is -1.90. The topological polar surface area (TPSA) is 95.5 Å². The number of aromatic hydroxyl groups is 1.